The molecule has 74 valence electrons. The number of carbonyl (C=O) groups is 1. The molecule has 4 heteroatoms. The molecule has 2 aliphatic rings. The fourth-order valence-electron chi connectivity index (χ4n) is 0.831. The van der Waals surface area contributed by atoms with E-state index >= 15 is 0 Å². The summed E-state index contributed by atoms with van der Waals surface area (Å²) in [5, 5.41) is 0. The molecular formula is C11H9FeKOSe. The standard InChI is InChI=1S/C6H5OSe.C5H5.Fe.K/c7-6(8)5-3-1-2-4-5;1-2-4-5-3-1;;/h1-4H,(H,7,8);1-5H;;/q;;;+1/p-1. The summed E-state index contributed by atoms with van der Waals surface area (Å²) in [6.07, 6.45) is 17.2. The molecule has 0 N–H and O–H groups in total. The van der Waals surface area contributed by atoms with Crippen molar-refractivity contribution < 1.29 is 73.2 Å². The van der Waals surface area contributed by atoms with Crippen LogP contribution in [-0.4, -0.2) is 20.7 Å². The van der Waals surface area contributed by atoms with E-state index in [1.54, 1.807) is 12.8 Å². The summed E-state index contributed by atoms with van der Waals surface area (Å²) >= 11 is 2.40. The molecule has 10 radical (unpaired) electrons. The van der Waals surface area contributed by atoms with Crippen molar-refractivity contribution in [3.63, 3.8) is 0 Å². The zero-order valence-corrected chi connectivity index (χ0v) is 14.3. The number of carbonyl (C=O) groups excluding carboxylic acids is 1. The van der Waals surface area contributed by atoms with Crippen molar-refractivity contribution >= 4 is 20.7 Å². The van der Waals surface area contributed by atoms with Gasteiger partial charge in [-0.15, -0.1) is 0 Å². The van der Waals surface area contributed by atoms with Crippen molar-refractivity contribution in [2.45, 2.75) is 0 Å². The van der Waals surface area contributed by atoms with Crippen LogP contribution in [-0.2, 0) is 21.9 Å². The summed E-state index contributed by atoms with van der Waals surface area (Å²) in [6.45, 7) is 0. The molecule has 0 atom stereocenters. The molecule has 0 aromatic carbocycles. The maximum Gasteiger partial charge on any atom is 1.00 e. The molecule has 2 aliphatic carbocycles. The van der Waals surface area contributed by atoms with Crippen LogP contribution in [0.25, 0.3) is 0 Å². The zero-order valence-electron chi connectivity index (χ0n) is 8.37. The Morgan fingerprint density at radius 3 is 1.40 bits per heavy atom. The molecule has 0 aromatic heterocycles. The fourth-order valence-corrected chi connectivity index (χ4v) is 1.12. The molecule has 15 heavy (non-hydrogen) atoms. The van der Waals surface area contributed by atoms with E-state index in [-0.39, 0.29) is 73.1 Å². The first-order chi connectivity index (χ1) is 6.30. The maximum atomic E-state index is 10.5. The molecular weight excluding hydrogens is 322 g/mol. The van der Waals surface area contributed by atoms with Gasteiger partial charge >= 0.3 is 108 Å². The van der Waals surface area contributed by atoms with Gasteiger partial charge in [0.1, 0.15) is 0 Å². The van der Waals surface area contributed by atoms with Gasteiger partial charge in [-0.1, -0.05) is 0 Å². The second-order valence-electron chi connectivity index (χ2n) is 2.42. The summed E-state index contributed by atoms with van der Waals surface area (Å²) in [7, 11) is 0. The molecule has 1 nitrogen and oxygen atoms in total. The van der Waals surface area contributed by atoms with Crippen LogP contribution in [0.3, 0.4) is 0 Å². The van der Waals surface area contributed by atoms with Crippen LogP contribution >= 0.6 is 0 Å². The summed E-state index contributed by atoms with van der Waals surface area (Å²) in [5.41, 5.74) is 0. The van der Waals surface area contributed by atoms with Gasteiger partial charge in [-0.3, -0.25) is 0 Å². The molecule has 2 saturated carbocycles. The van der Waals surface area contributed by atoms with Crippen molar-refractivity contribution in [2.24, 2.45) is 0 Å². The number of hydrogen-bond acceptors (Lipinski definition) is 1. The van der Waals surface area contributed by atoms with Gasteiger partial charge in [0.15, 0.2) is 0 Å². The van der Waals surface area contributed by atoms with Gasteiger partial charge in [0.25, 0.3) is 0 Å². The summed E-state index contributed by atoms with van der Waals surface area (Å²) in [4.78, 5) is 10.5. The molecule has 0 unspecified atom stereocenters. The summed E-state index contributed by atoms with van der Waals surface area (Å²) < 4.78 is 0.00926. The number of rotatable bonds is 1. The van der Waals surface area contributed by atoms with Crippen LogP contribution in [0.2, 0.25) is 0 Å². The van der Waals surface area contributed by atoms with Crippen molar-refractivity contribution in [3.05, 3.63) is 63.7 Å². The molecule has 0 aliphatic heterocycles. The normalized spacial score (nSPS) is 19.5. The third kappa shape index (κ3) is 9.99. The van der Waals surface area contributed by atoms with E-state index in [9.17, 15) is 4.79 Å². The minimum atomic E-state index is 0. The monoisotopic (exact) mass is 332 g/mol. The van der Waals surface area contributed by atoms with Crippen molar-refractivity contribution in [1.82, 2.24) is 0 Å². The Kier molecular flexibility index (Phi) is 16.8. The second-order valence-corrected chi connectivity index (χ2v) is 3.20. The Morgan fingerprint density at radius 2 is 1.20 bits per heavy atom. The predicted octanol–water partition coefficient (Wildman–Crippen LogP) is -1.89. The molecule has 0 heterocycles. The van der Waals surface area contributed by atoms with E-state index in [4.69, 9.17) is 0 Å². The third-order valence-electron chi connectivity index (χ3n) is 1.45. The average molecular weight is 331 g/mol. The SMILES string of the molecule is O=C([Se-])[C]1[CH][CH][CH][CH]1.[CH]1[CH][CH][CH][CH]1.[Fe].[K+]. The molecule has 0 spiro atoms. The van der Waals surface area contributed by atoms with E-state index in [0.717, 1.165) is 5.92 Å². The van der Waals surface area contributed by atoms with E-state index in [2.05, 4.69) is 16.0 Å². The van der Waals surface area contributed by atoms with Crippen molar-refractivity contribution in [3.8, 4) is 0 Å². The first-order valence-electron chi connectivity index (χ1n) is 3.90. The van der Waals surface area contributed by atoms with Crippen molar-refractivity contribution in [2.75, 3.05) is 0 Å². The van der Waals surface area contributed by atoms with Gasteiger partial charge in [-0.2, -0.15) is 0 Å². The van der Waals surface area contributed by atoms with Crippen LogP contribution in [0.4, 0.5) is 0 Å². The van der Waals surface area contributed by atoms with Crippen LogP contribution in [0.1, 0.15) is 0 Å². The molecule has 2 rings (SSSR count). The topological polar surface area (TPSA) is 17.1 Å². The van der Waals surface area contributed by atoms with Gasteiger partial charge in [0, 0.05) is 17.1 Å². The fraction of sp³-hybridized carbons (Fsp3) is 0. The molecule has 0 aromatic rings. The minimum Gasteiger partial charge on any atom is -0.0312 e. The van der Waals surface area contributed by atoms with Crippen LogP contribution in [0.15, 0.2) is 0 Å². The Labute approximate surface area is 155 Å². The maximum absolute atomic E-state index is 10.5. The van der Waals surface area contributed by atoms with Gasteiger partial charge in [0.05, 0.1) is 0 Å². The second kappa shape index (κ2) is 12.8. The third-order valence-corrected chi connectivity index (χ3v) is 1.95. The average Bonchev–Trinajstić information content (AvgIpc) is 2.82. The van der Waals surface area contributed by atoms with Gasteiger partial charge in [-0.05, 0) is 32.1 Å². The molecule has 0 saturated heterocycles. The van der Waals surface area contributed by atoms with Crippen LogP contribution in [0.5, 0.6) is 0 Å². The number of hydrogen-bond donors (Lipinski definition) is 0. The Balaban J connectivity index is 0. The van der Waals surface area contributed by atoms with E-state index in [1.165, 1.54) is 0 Å². The quantitative estimate of drug-likeness (QED) is 0.514. The van der Waals surface area contributed by atoms with Gasteiger partial charge in [0.2, 0.25) is 0 Å². The summed E-state index contributed by atoms with van der Waals surface area (Å²) in [5.74, 6) is 0.741. The molecule has 0 amide bonds. The van der Waals surface area contributed by atoms with Crippen LogP contribution < -0.4 is 51.4 Å². The largest absolute Gasteiger partial charge is 1.00 e. The zero-order chi connectivity index (χ0) is 9.52. The minimum absolute atomic E-state index is 0. The Hall–Kier alpha value is 2.35. The molecule has 0 bridgehead atoms. The van der Waals surface area contributed by atoms with E-state index in [0.29, 0.717) is 0 Å². The van der Waals surface area contributed by atoms with E-state index < -0.39 is 0 Å². The first kappa shape index (κ1) is 19.7. The first-order valence-corrected chi connectivity index (χ1v) is 4.76. The van der Waals surface area contributed by atoms with Crippen LogP contribution in [0, 0.1) is 63.7 Å². The molecule has 2 fully saturated rings. The smallest absolute Gasteiger partial charge is 0.0312 e. The van der Waals surface area contributed by atoms with Gasteiger partial charge < -0.3 is 0 Å². The summed E-state index contributed by atoms with van der Waals surface area (Å²) in [6, 6.07) is 0. The predicted molar refractivity (Wildman–Crippen MR) is 52.7 cm³/mol. The Bertz CT molecular complexity index is 149. The van der Waals surface area contributed by atoms with Crippen molar-refractivity contribution in [1.29, 1.82) is 0 Å². The van der Waals surface area contributed by atoms with E-state index in [1.807, 2.05) is 44.9 Å². The Morgan fingerprint density at radius 1 is 0.867 bits per heavy atom. The van der Waals surface area contributed by atoms with Gasteiger partial charge in [-0.25, -0.2) is 0 Å².